The Kier molecular flexibility index (Phi) is 4.15. The summed E-state index contributed by atoms with van der Waals surface area (Å²) in [5, 5.41) is 8.62. The van der Waals surface area contributed by atoms with Gasteiger partial charge in [0, 0.05) is 7.05 Å². The van der Waals surface area contributed by atoms with Crippen LogP contribution in [0.1, 0.15) is 26.3 Å². The lowest BCUT2D eigenvalue weighted by atomic mass is 9.87. The van der Waals surface area contributed by atoms with Crippen LogP contribution in [0, 0.1) is 11.3 Å². The van der Waals surface area contributed by atoms with Crippen molar-refractivity contribution in [3.63, 3.8) is 0 Å². The van der Waals surface area contributed by atoms with E-state index in [1.807, 2.05) is 39.0 Å². The van der Waals surface area contributed by atoms with E-state index in [1.165, 1.54) is 7.05 Å². The Morgan fingerprint density at radius 1 is 1.28 bits per heavy atom. The molecule has 18 heavy (non-hydrogen) atoms. The molecule has 0 bridgehead atoms. The van der Waals surface area contributed by atoms with Gasteiger partial charge in [0.25, 0.3) is 0 Å². The number of hydrogen-bond donors (Lipinski definition) is 0. The largest absolute Gasteiger partial charge is 0.244 e. The molecule has 0 saturated heterocycles. The fourth-order valence-electron chi connectivity index (χ4n) is 1.66. The second-order valence-electron chi connectivity index (χ2n) is 5.17. The molecule has 0 aliphatic heterocycles. The molecule has 0 radical (unpaired) electrons. The summed E-state index contributed by atoms with van der Waals surface area (Å²) in [5.41, 5.74) is 0.492. The van der Waals surface area contributed by atoms with E-state index in [0.29, 0.717) is 0 Å². The normalized spacial score (nSPS) is 12.4. The molecule has 0 N–H and O–H groups in total. The quantitative estimate of drug-likeness (QED) is 0.787. The molecule has 0 amide bonds. The van der Waals surface area contributed by atoms with Gasteiger partial charge in [-0.15, -0.1) is 0 Å². The maximum atomic E-state index is 12.4. The van der Waals surface area contributed by atoms with Crippen LogP contribution in [-0.4, -0.2) is 26.3 Å². The van der Waals surface area contributed by atoms with Crippen LogP contribution >= 0.6 is 0 Å². The van der Waals surface area contributed by atoms with Gasteiger partial charge < -0.3 is 0 Å². The van der Waals surface area contributed by atoms with Crippen molar-refractivity contribution in [3.8, 4) is 6.07 Å². The zero-order valence-electron chi connectivity index (χ0n) is 11.1. The maximum Gasteiger partial charge on any atom is 0.244 e. The molecule has 0 atom stereocenters. The van der Waals surface area contributed by atoms with Crippen LogP contribution in [0.4, 0.5) is 0 Å². The molecule has 0 aliphatic rings. The van der Waals surface area contributed by atoms with Gasteiger partial charge in [0.15, 0.2) is 0 Å². The third kappa shape index (κ3) is 2.89. The molecule has 0 spiro atoms. The average Bonchev–Trinajstić information content (AvgIpc) is 2.28. The zero-order chi connectivity index (χ0) is 14.0. The summed E-state index contributed by atoms with van der Waals surface area (Å²) < 4.78 is 25.8. The monoisotopic (exact) mass is 266 g/mol. The molecular formula is C13H18N2O2S. The average molecular weight is 266 g/mol. The summed E-state index contributed by atoms with van der Waals surface area (Å²) in [7, 11) is -2.19. The molecule has 98 valence electrons. The van der Waals surface area contributed by atoms with Gasteiger partial charge in [-0.2, -0.15) is 9.57 Å². The van der Waals surface area contributed by atoms with Crippen molar-refractivity contribution in [2.75, 3.05) is 13.6 Å². The summed E-state index contributed by atoms with van der Waals surface area (Å²) in [6, 6.07) is 8.77. The van der Waals surface area contributed by atoms with Crippen LogP contribution in [0.25, 0.3) is 0 Å². The highest BCUT2D eigenvalue weighted by Crippen LogP contribution is 2.29. The van der Waals surface area contributed by atoms with Gasteiger partial charge in [-0.05, 0) is 17.0 Å². The van der Waals surface area contributed by atoms with Crippen molar-refractivity contribution in [2.24, 2.45) is 0 Å². The van der Waals surface area contributed by atoms with Gasteiger partial charge in [-0.1, -0.05) is 39.0 Å². The molecule has 0 saturated carbocycles. The van der Waals surface area contributed by atoms with Gasteiger partial charge >= 0.3 is 0 Å². The Morgan fingerprint density at radius 2 is 1.83 bits per heavy atom. The third-order valence-corrected chi connectivity index (χ3v) is 4.54. The van der Waals surface area contributed by atoms with Crippen LogP contribution in [0.5, 0.6) is 0 Å². The van der Waals surface area contributed by atoms with Crippen LogP contribution in [-0.2, 0) is 15.4 Å². The number of nitrogens with zero attached hydrogens (tertiary/aromatic N) is 2. The minimum atomic E-state index is -3.60. The van der Waals surface area contributed by atoms with Crippen molar-refractivity contribution in [2.45, 2.75) is 31.1 Å². The molecule has 4 nitrogen and oxygen atoms in total. The topological polar surface area (TPSA) is 61.2 Å². The predicted octanol–water partition coefficient (Wildman–Crippen LogP) is 2.13. The lowest BCUT2D eigenvalue weighted by Gasteiger charge is -2.24. The van der Waals surface area contributed by atoms with E-state index < -0.39 is 10.0 Å². The van der Waals surface area contributed by atoms with Crippen molar-refractivity contribution in [1.29, 1.82) is 5.26 Å². The first kappa shape index (κ1) is 14.7. The lowest BCUT2D eigenvalue weighted by Crippen LogP contribution is -2.29. The minimum Gasteiger partial charge on any atom is -0.207 e. The first-order valence-corrected chi connectivity index (χ1v) is 7.08. The molecule has 0 aliphatic carbocycles. The van der Waals surface area contributed by atoms with Crippen LogP contribution in [0.2, 0.25) is 0 Å². The molecular weight excluding hydrogens is 248 g/mol. The Bertz CT molecular complexity index is 565. The summed E-state index contributed by atoms with van der Waals surface area (Å²) in [5.74, 6) is 0. The standard InChI is InChI=1S/C13H18N2O2S/c1-13(2,3)11-7-5-6-8-12(11)18(16,17)15(4)10-9-14/h5-8H,10H2,1-4H3. The highest BCUT2D eigenvalue weighted by Gasteiger charge is 2.28. The van der Waals surface area contributed by atoms with Crippen LogP contribution < -0.4 is 0 Å². The van der Waals surface area contributed by atoms with E-state index in [2.05, 4.69) is 0 Å². The number of benzene rings is 1. The van der Waals surface area contributed by atoms with Gasteiger partial charge in [-0.25, -0.2) is 8.42 Å². The number of hydrogen-bond acceptors (Lipinski definition) is 3. The minimum absolute atomic E-state index is 0.152. The summed E-state index contributed by atoms with van der Waals surface area (Å²) in [6.45, 7) is 5.74. The molecule has 1 aromatic carbocycles. The van der Waals surface area contributed by atoms with E-state index in [4.69, 9.17) is 5.26 Å². The van der Waals surface area contributed by atoms with Crippen molar-refractivity contribution in [1.82, 2.24) is 4.31 Å². The van der Waals surface area contributed by atoms with Crippen molar-refractivity contribution in [3.05, 3.63) is 29.8 Å². The Hall–Kier alpha value is -1.38. The molecule has 0 unspecified atom stereocenters. The third-order valence-electron chi connectivity index (χ3n) is 2.68. The van der Waals surface area contributed by atoms with Gasteiger partial charge in [0.05, 0.1) is 11.0 Å². The Balaban J connectivity index is 3.39. The van der Waals surface area contributed by atoms with E-state index in [9.17, 15) is 8.42 Å². The first-order valence-electron chi connectivity index (χ1n) is 5.64. The summed E-state index contributed by atoms with van der Waals surface area (Å²) >= 11 is 0. The maximum absolute atomic E-state index is 12.4. The van der Waals surface area contributed by atoms with E-state index in [0.717, 1.165) is 9.87 Å². The molecule has 0 aromatic heterocycles. The Morgan fingerprint density at radius 3 is 2.33 bits per heavy atom. The van der Waals surface area contributed by atoms with Crippen LogP contribution in [0.3, 0.4) is 0 Å². The summed E-state index contributed by atoms with van der Waals surface area (Å²) in [6.07, 6.45) is 0. The first-order chi connectivity index (χ1) is 8.21. The second-order valence-corrected chi connectivity index (χ2v) is 7.18. The van der Waals surface area contributed by atoms with E-state index in [1.54, 1.807) is 12.1 Å². The highest BCUT2D eigenvalue weighted by atomic mass is 32.2. The zero-order valence-corrected chi connectivity index (χ0v) is 12.0. The van der Waals surface area contributed by atoms with E-state index in [-0.39, 0.29) is 16.9 Å². The second kappa shape index (κ2) is 5.09. The number of sulfonamides is 1. The summed E-state index contributed by atoms with van der Waals surface area (Å²) in [4.78, 5) is 0.273. The Labute approximate surface area is 109 Å². The lowest BCUT2D eigenvalue weighted by molar-refractivity contribution is 0.494. The smallest absolute Gasteiger partial charge is 0.207 e. The molecule has 1 rings (SSSR count). The van der Waals surface area contributed by atoms with Crippen molar-refractivity contribution >= 4 is 10.0 Å². The molecule has 5 heteroatoms. The molecule has 1 aromatic rings. The van der Waals surface area contributed by atoms with Gasteiger partial charge in [0.2, 0.25) is 10.0 Å². The fraction of sp³-hybridized carbons (Fsp3) is 0.462. The predicted molar refractivity (Wildman–Crippen MR) is 70.6 cm³/mol. The molecule has 0 heterocycles. The number of nitriles is 1. The van der Waals surface area contributed by atoms with Gasteiger partial charge in [-0.3, -0.25) is 0 Å². The highest BCUT2D eigenvalue weighted by molar-refractivity contribution is 7.89. The fourth-order valence-corrected chi connectivity index (χ4v) is 3.13. The molecule has 0 fully saturated rings. The van der Waals surface area contributed by atoms with Crippen LogP contribution in [0.15, 0.2) is 29.2 Å². The van der Waals surface area contributed by atoms with E-state index >= 15 is 0 Å². The SMILES string of the molecule is CN(CC#N)S(=O)(=O)c1ccccc1C(C)(C)C. The number of rotatable bonds is 3. The van der Waals surface area contributed by atoms with Gasteiger partial charge in [0.1, 0.15) is 6.54 Å². The van der Waals surface area contributed by atoms with Crippen molar-refractivity contribution < 1.29 is 8.42 Å².